The summed E-state index contributed by atoms with van der Waals surface area (Å²) in [6.45, 7) is 6.34. The molecule has 1 N–H and O–H groups in total. The van der Waals surface area contributed by atoms with Crippen LogP contribution in [-0.4, -0.2) is 15.0 Å². The Labute approximate surface area is 142 Å². The molecule has 0 bridgehead atoms. The highest BCUT2D eigenvalue weighted by Gasteiger charge is 2.17. The van der Waals surface area contributed by atoms with Gasteiger partial charge in [0.05, 0.1) is 20.9 Å². The summed E-state index contributed by atoms with van der Waals surface area (Å²) in [5.41, 5.74) is 0.424. The number of thiazole rings is 1. The minimum Gasteiger partial charge on any atom is -0.305 e. The Morgan fingerprint density at radius 3 is 2.74 bits per heavy atom. The van der Waals surface area contributed by atoms with Gasteiger partial charge in [0.25, 0.3) is 5.56 Å². The number of halogens is 1. The maximum atomic E-state index is 12.1. The van der Waals surface area contributed by atoms with Gasteiger partial charge in [-0.15, -0.1) is 11.3 Å². The Hall–Kier alpha value is -1.98. The van der Waals surface area contributed by atoms with Crippen LogP contribution in [0.15, 0.2) is 35.3 Å². The highest BCUT2D eigenvalue weighted by molar-refractivity contribution is 7.12. The number of hydrogen-bond acceptors (Lipinski definition) is 4. The van der Waals surface area contributed by atoms with Crippen LogP contribution < -0.4 is 5.56 Å². The highest BCUT2D eigenvalue weighted by atomic mass is 35.5. The molecular formula is C17H16ClN3OS. The van der Waals surface area contributed by atoms with E-state index in [2.05, 4.69) is 35.7 Å². The third kappa shape index (κ3) is 3.35. The first-order chi connectivity index (χ1) is 10.8. The van der Waals surface area contributed by atoms with E-state index < -0.39 is 0 Å². The molecule has 0 unspecified atom stereocenters. The van der Waals surface area contributed by atoms with Gasteiger partial charge in [-0.1, -0.05) is 44.5 Å². The molecule has 3 aromatic rings. The van der Waals surface area contributed by atoms with Crippen LogP contribution in [0.2, 0.25) is 0 Å². The van der Waals surface area contributed by atoms with E-state index in [0.29, 0.717) is 21.8 Å². The van der Waals surface area contributed by atoms with E-state index in [0.717, 1.165) is 9.88 Å². The molecule has 23 heavy (non-hydrogen) atoms. The van der Waals surface area contributed by atoms with Crippen LogP contribution in [0.25, 0.3) is 22.0 Å². The fourth-order valence-corrected chi connectivity index (χ4v) is 3.28. The summed E-state index contributed by atoms with van der Waals surface area (Å²) in [6, 6.07) is 7.18. The second-order valence-corrected chi connectivity index (χ2v) is 7.71. The monoisotopic (exact) mass is 345 g/mol. The lowest BCUT2D eigenvalue weighted by Crippen LogP contribution is -2.10. The van der Waals surface area contributed by atoms with Gasteiger partial charge in [-0.2, -0.15) is 0 Å². The largest absolute Gasteiger partial charge is 0.305 e. The predicted molar refractivity (Wildman–Crippen MR) is 96.9 cm³/mol. The fraction of sp³-hybridized carbons (Fsp3) is 0.235. The van der Waals surface area contributed by atoms with E-state index in [1.54, 1.807) is 35.7 Å². The third-order valence-corrected chi connectivity index (χ3v) is 4.93. The fourth-order valence-electron chi connectivity index (χ4n) is 2.09. The normalized spacial score (nSPS) is 12.8. The molecule has 0 radical (unpaired) electrons. The second-order valence-electron chi connectivity index (χ2n) is 6.24. The van der Waals surface area contributed by atoms with E-state index in [1.165, 1.54) is 0 Å². The van der Waals surface area contributed by atoms with Crippen molar-refractivity contribution in [2.24, 2.45) is 0 Å². The third-order valence-electron chi connectivity index (χ3n) is 3.27. The number of nitrogens with zero attached hydrogens (tertiary/aromatic N) is 2. The first-order valence-corrected chi connectivity index (χ1v) is 8.37. The lowest BCUT2D eigenvalue weighted by Gasteiger charge is -2.13. The summed E-state index contributed by atoms with van der Waals surface area (Å²) in [5.74, 6) is 0.362. The van der Waals surface area contributed by atoms with Crippen LogP contribution in [0.5, 0.6) is 0 Å². The molecular weight excluding hydrogens is 330 g/mol. The van der Waals surface area contributed by atoms with Crippen molar-refractivity contribution in [2.45, 2.75) is 26.2 Å². The number of aromatic nitrogens is 3. The molecule has 3 rings (SSSR count). The first-order valence-electron chi connectivity index (χ1n) is 7.17. The Kier molecular flexibility index (Phi) is 4.08. The van der Waals surface area contributed by atoms with Gasteiger partial charge in [0.2, 0.25) is 0 Å². The molecule has 0 aliphatic carbocycles. The number of H-pyrrole nitrogens is 1. The maximum absolute atomic E-state index is 12.1. The average molecular weight is 346 g/mol. The number of fused-ring (bicyclic) bond motifs is 1. The molecule has 6 heteroatoms. The SMILES string of the molecule is CC(C)(C)c1ncc(/C=C(/Cl)c2nc3ccccc3c(=O)[nH]2)s1. The number of rotatable bonds is 2. The van der Waals surface area contributed by atoms with Gasteiger partial charge in [-0.3, -0.25) is 4.79 Å². The summed E-state index contributed by atoms with van der Waals surface area (Å²) in [4.78, 5) is 24.6. The molecule has 0 aliphatic heterocycles. The van der Waals surface area contributed by atoms with Crippen molar-refractivity contribution in [3.05, 3.63) is 56.5 Å². The molecule has 0 saturated carbocycles. The summed E-state index contributed by atoms with van der Waals surface area (Å²) < 4.78 is 0. The summed E-state index contributed by atoms with van der Waals surface area (Å²) >= 11 is 7.92. The summed E-state index contributed by atoms with van der Waals surface area (Å²) in [7, 11) is 0. The Balaban J connectivity index is 2.01. The van der Waals surface area contributed by atoms with Crippen molar-refractivity contribution < 1.29 is 0 Å². The van der Waals surface area contributed by atoms with Gasteiger partial charge in [0.1, 0.15) is 0 Å². The standard InChI is InChI=1S/C17H16ClN3OS/c1-17(2,3)16-19-9-10(23-16)8-12(18)14-20-13-7-5-4-6-11(13)15(22)21-14/h4-9H,1-3H3,(H,20,21,22)/b12-8+. The van der Waals surface area contributed by atoms with E-state index in [9.17, 15) is 4.79 Å². The minimum atomic E-state index is -0.197. The molecule has 1 aromatic carbocycles. The van der Waals surface area contributed by atoms with Crippen molar-refractivity contribution in [1.82, 2.24) is 15.0 Å². The Morgan fingerprint density at radius 1 is 1.30 bits per heavy atom. The van der Waals surface area contributed by atoms with Gasteiger partial charge >= 0.3 is 0 Å². The van der Waals surface area contributed by atoms with E-state index in [4.69, 9.17) is 11.6 Å². The maximum Gasteiger partial charge on any atom is 0.259 e. The first kappa shape index (κ1) is 15.9. The van der Waals surface area contributed by atoms with Crippen molar-refractivity contribution in [2.75, 3.05) is 0 Å². The number of hydrogen-bond donors (Lipinski definition) is 1. The minimum absolute atomic E-state index is 0.00124. The van der Waals surface area contributed by atoms with Crippen LogP contribution in [0.3, 0.4) is 0 Å². The van der Waals surface area contributed by atoms with Gasteiger partial charge in [-0.05, 0) is 18.2 Å². The van der Waals surface area contributed by atoms with Crippen LogP contribution in [0.1, 0.15) is 36.5 Å². The molecule has 2 heterocycles. The zero-order valence-corrected chi connectivity index (χ0v) is 14.6. The topological polar surface area (TPSA) is 58.6 Å². The predicted octanol–water partition coefficient (Wildman–Crippen LogP) is 4.41. The molecule has 0 fully saturated rings. The summed E-state index contributed by atoms with van der Waals surface area (Å²) in [5, 5.41) is 1.97. The molecule has 2 aromatic heterocycles. The summed E-state index contributed by atoms with van der Waals surface area (Å²) in [6.07, 6.45) is 3.56. The van der Waals surface area contributed by atoms with E-state index >= 15 is 0 Å². The van der Waals surface area contributed by atoms with Gasteiger partial charge < -0.3 is 4.98 Å². The van der Waals surface area contributed by atoms with Gasteiger partial charge in [0, 0.05) is 16.5 Å². The van der Waals surface area contributed by atoms with Crippen LogP contribution in [0, 0.1) is 0 Å². The quantitative estimate of drug-likeness (QED) is 0.748. The average Bonchev–Trinajstić information content (AvgIpc) is 2.96. The second kappa shape index (κ2) is 5.91. The molecule has 0 atom stereocenters. The van der Waals surface area contributed by atoms with Crippen molar-refractivity contribution in [1.29, 1.82) is 0 Å². The van der Waals surface area contributed by atoms with E-state index in [-0.39, 0.29) is 11.0 Å². The van der Waals surface area contributed by atoms with Crippen molar-refractivity contribution in [3.63, 3.8) is 0 Å². The molecule has 0 saturated heterocycles. The smallest absolute Gasteiger partial charge is 0.259 e. The molecule has 0 aliphatic rings. The lowest BCUT2D eigenvalue weighted by atomic mass is 9.98. The number of benzene rings is 1. The molecule has 0 spiro atoms. The highest BCUT2D eigenvalue weighted by Crippen LogP contribution is 2.29. The molecule has 0 amide bonds. The Morgan fingerprint density at radius 2 is 2.04 bits per heavy atom. The zero-order valence-electron chi connectivity index (χ0n) is 13.1. The van der Waals surface area contributed by atoms with Crippen LogP contribution in [-0.2, 0) is 5.41 Å². The lowest BCUT2D eigenvalue weighted by molar-refractivity contribution is 0.585. The van der Waals surface area contributed by atoms with E-state index in [1.807, 2.05) is 12.1 Å². The number of nitrogens with one attached hydrogen (secondary N) is 1. The Bertz CT molecular complexity index is 950. The van der Waals surface area contributed by atoms with Crippen molar-refractivity contribution >= 4 is 44.9 Å². The number of aromatic amines is 1. The molecule has 118 valence electrons. The zero-order chi connectivity index (χ0) is 16.6. The number of para-hydroxylation sites is 1. The van der Waals surface area contributed by atoms with Crippen molar-refractivity contribution in [3.8, 4) is 0 Å². The van der Waals surface area contributed by atoms with Gasteiger partial charge in [0.15, 0.2) is 5.82 Å². The van der Waals surface area contributed by atoms with Gasteiger partial charge in [-0.25, -0.2) is 9.97 Å². The van der Waals surface area contributed by atoms with Crippen LogP contribution in [0.4, 0.5) is 0 Å². The molecule has 4 nitrogen and oxygen atoms in total. The van der Waals surface area contributed by atoms with Crippen LogP contribution >= 0.6 is 22.9 Å².